The van der Waals surface area contributed by atoms with Crippen LogP contribution in [0.5, 0.6) is 0 Å². The van der Waals surface area contributed by atoms with Crippen LogP contribution in [0.3, 0.4) is 0 Å². The fraction of sp³-hybridized carbons (Fsp3) is 0.304. The summed E-state index contributed by atoms with van der Waals surface area (Å²) in [6.07, 6.45) is -5.92. The van der Waals surface area contributed by atoms with Gasteiger partial charge in [0, 0.05) is 17.5 Å². The Balaban J connectivity index is 0.000000587. The van der Waals surface area contributed by atoms with E-state index in [1.54, 1.807) is 11.4 Å². The molecule has 2 atom stereocenters. The van der Waals surface area contributed by atoms with Crippen molar-refractivity contribution in [2.24, 2.45) is 0 Å². The summed E-state index contributed by atoms with van der Waals surface area (Å²) in [7, 11) is 0. The minimum Gasteiger partial charge on any atom is -0.542 e. The van der Waals surface area contributed by atoms with Crippen LogP contribution in [0.25, 0.3) is 22.2 Å². The van der Waals surface area contributed by atoms with E-state index < -0.39 is 52.6 Å². The Labute approximate surface area is 247 Å². The van der Waals surface area contributed by atoms with Crippen LogP contribution in [0.2, 0.25) is 5.02 Å². The summed E-state index contributed by atoms with van der Waals surface area (Å²) in [5, 5.41) is 12.9. The van der Waals surface area contributed by atoms with Gasteiger partial charge in [-0.05, 0) is 12.1 Å². The van der Waals surface area contributed by atoms with Gasteiger partial charge in [0.25, 0.3) is 5.91 Å². The number of nitrogens with zero attached hydrogens (tertiary/aromatic N) is 2. The summed E-state index contributed by atoms with van der Waals surface area (Å²) in [4.78, 5) is 37.8. The van der Waals surface area contributed by atoms with Crippen LogP contribution in [0.15, 0.2) is 36.7 Å². The van der Waals surface area contributed by atoms with Gasteiger partial charge >= 0.3 is 12.3 Å². The zero-order chi connectivity index (χ0) is 30.7. The number of anilines is 1. The molecule has 1 saturated heterocycles. The standard InChI is InChI=1S/C21H16Cl4F2N4O3.C2HF3O2/c22-16-11(4-5-14-18(16)31(9-29-14)20(33)34-8-21(23,24)25)12-2-1-3-13(17(12)27)30-19(32)15-6-10(26)7-28-15;3-2(4,5)1(6)7/h1-5,9-10,15,28H,6-8H2,(H,30,32);(H,6,7)/t10-,15+;/m1./s1. The average molecular weight is 666 g/mol. The quantitative estimate of drug-likeness (QED) is 0.323. The molecule has 1 fully saturated rings. The van der Waals surface area contributed by atoms with Crippen LogP contribution in [0, 0.1) is 5.82 Å². The number of nitrogens with two attached hydrogens (primary N) is 1. The molecule has 41 heavy (non-hydrogen) atoms. The molecular weight excluding hydrogens is 649 g/mol. The van der Waals surface area contributed by atoms with Crippen molar-refractivity contribution in [1.29, 1.82) is 0 Å². The highest BCUT2D eigenvalue weighted by atomic mass is 35.6. The van der Waals surface area contributed by atoms with E-state index in [1.807, 2.05) is 0 Å². The fourth-order valence-corrected chi connectivity index (χ4v) is 4.20. The van der Waals surface area contributed by atoms with Crippen molar-refractivity contribution in [1.82, 2.24) is 9.55 Å². The zero-order valence-corrected chi connectivity index (χ0v) is 23.2. The van der Waals surface area contributed by atoms with Gasteiger partial charge in [0.15, 0.2) is 18.0 Å². The van der Waals surface area contributed by atoms with E-state index in [-0.39, 0.29) is 40.3 Å². The second kappa shape index (κ2) is 12.9. The van der Waals surface area contributed by atoms with Crippen LogP contribution in [0.4, 0.5) is 32.4 Å². The molecule has 0 radical (unpaired) electrons. The van der Waals surface area contributed by atoms with Gasteiger partial charge in [-0.25, -0.2) is 23.1 Å². The van der Waals surface area contributed by atoms with E-state index >= 15 is 4.39 Å². The van der Waals surface area contributed by atoms with E-state index in [0.717, 1.165) is 4.57 Å². The molecule has 1 amide bonds. The predicted molar refractivity (Wildman–Crippen MR) is 137 cm³/mol. The van der Waals surface area contributed by atoms with Crippen LogP contribution in [0.1, 0.15) is 6.42 Å². The second-order valence-corrected chi connectivity index (χ2v) is 11.3. The van der Waals surface area contributed by atoms with Gasteiger partial charge in [-0.2, -0.15) is 13.2 Å². The van der Waals surface area contributed by atoms with E-state index in [9.17, 15) is 27.2 Å². The molecule has 1 aliphatic rings. The molecule has 0 spiro atoms. The van der Waals surface area contributed by atoms with Crippen molar-refractivity contribution >= 4 is 81.1 Å². The average Bonchev–Trinajstić information content (AvgIpc) is 3.51. The van der Waals surface area contributed by atoms with Crippen LogP contribution < -0.4 is 15.7 Å². The first-order valence-corrected chi connectivity index (χ1v) is 12.8. The first kappa shape index (κ1) is 32.6. The Kier molecular flexibility index (Phi) is 10.3. The van der Waals surface area contributed by atoms with Gasteiger partial charge in [-0.3, -0.25) is 4.79 Å². The van der Waals surface area contributed by atoms with E-state index in [4.69, 9.17) is 61.0 Å². The van der Waals surface area contributed by atoms with Gasteiger partial charge < -0.3 is 25.3 Å². The maximum atomic E-state index is 15.4. The lowest BCUT2D eigenvalue weighted by atomic mass is 10.0. The van der Waals surface area contributed by atoms with Crippen molar-refractivity contribution in [3.8, 4) is 11.1 Å². The smallest absolute Gasteiger partial charge is 0.430 e. The van der Waals surface area contributed by atoms with Gasteiger partial charge in [-0.15, -0.1) is 0 Å². The SMILES string of the molecule is O=C(Nc1cccc(-c2ccc3ncn(C(=O)OCC(Cl)(Cl)Cl)c3c2Cl)c1F)[C@@H]1C[C@@H](F)C[NH2+]1.O=C([O-])C(F)(F)F. The molecule has 0 unspecified atom stereocenters. The van der Waals surface area contributed by atoms with Crippen molar-refractivity contribution in [2.75, 3.05) is 18.5 Å². The molecule has 3 aromatic rings. The lowest BCUT2D eigenvalue weighted by Gasteiger charge is -2.14. The highest BCUT2D eigenvalue weighted by Crippen LogP contribution is 2.37. The number of rotatable bonds is 4. The number of quaternary nitrogens is 1. The van der Waals surface area contributed by atoms with Gasteiger partial charge in [0.1, 0.15) is 25.4 Å². The van der Waals surface area contributed by atoms with Crippen molar-refractivity contribution < 1.29 is 51.5 Å². The largest absolute Gasteiger partial charge is 0.542 e. The normalized spacial score (nSPS) is 17.1. The Bertz CT molecular complexity index is 1460. The summed E-state index contributed by atoms with van der Waals surface area (Å²) in [6.45, 7) is -0.320. The Hall–Kier alpha value is -2.91. The molecule has 1 aliphatic heterocycles. The number of amides is 1. The van der Waals surface area contributed by atoms with Gasteiger partial charge in [0.2, 0.25) is 3.79 Å². The number of hydrogen-bond donors (Lipinski definition) is 2. The highest BCUT2D eigenvalue weighted by Gasteiger charge is 2.34. The fourth-order valence-electron chi connectivity index (χ4n) is 3.68. The maximum absolute atomic E-state index is 15.4. The van der Waals surface area contributed by atoms with E-state index in [1.165, 1.54) is 30.6 Å². The molecule has 222 valence electrons. The molecule has 0 aliphatic carbocycles. The Morgan fingerprint density at radius 1 is 1.15 bits per heavy atom. The third-order valence-electron chi connectivity index (χ3n) is 5.51. The summed E-state index contributed by atoms with van der Waals surface area (Å²) >= 11 is 23.4. The molecule has 1 aromatic heterocycles. The minimum absolute atomic E-state index is 0.0209. The topological polar surface area (TPSA) is 130 Å². The summed E-state index contributed by atoms with van der Waals surface area (Å²) in [5.74, 6) is -4.24. The zero-order valence-electron chi connectivity index (χ0n) is 20.2. The number of ether oxygens (including phenoxy) is 1. The van der Waals surface area contributed by atoms with Crippen molar-refractivity contribution in [3.05, 3.63) is 47.5 Å². The summed E-state index contributed by atoms with van der Waals surface area (Å²) < 4.78 is 64.5. The number of carbonyl (C=O) groups is 3. The number of carbonyl (C=O) groups excluding carboxylic acids is 3. The van der Waals surface area contributed by atoms with E-state index in [0.29, 0.717) is 5.52 Å². The number of hydrogen-bond acceptors (Lipinski definition) is 6. The molecule has 0 bridgehead atoms. The lowest BCUT2D eigenvalue weighted by Crippen LogP contribution is -2.89. The Morgan fingerprint density at radius 3 is 2.37 bits per heavy atom. The number of halogens is 9. The number of benzene rings is 2. The molecule has 4 rings (SSSR count). The number of alkyl halides is 7. The number of fused-ring (bicyclic) bond motifs is 1. The molecule has 18 heteroatoms. The molecule has 2 aromatic carbocycles. The number of aromatic nitrogens is 2. The summed E-state index contributed by atoms with van der Waals surface area (Å²) in [6, 6.07) is 6.86. The number of carboxylic acid groups (broad SMARTS) is 1. The number of carboxylic acids is 1. The highest BCUT2D eigenvalue weighted by molar-refractivity contribution is 6.67. The number of aliphatic carboxylic acids is 1. The van der Waals surface area contributed by atoms with Crippen molar-refractivity contribution in [3.63, 3.8) is 0 Å². The van der Waals surface area contributed by atoms with Crippen LogP contribution in [-0.2, 0) is 14.3 Å². The number of nitrogens with one attached hydrogen (secondary N) is 1. The van der Waals surface area contributed by atoms with Crippen molar-refractivity contribution in [2.45, 2.75) is 28.6 Å². The third-order valence-corrected chi connectivity index (χ3v) is 6.22. The van der Waals surface area contributed by atoms with Gasteiger partial charge in [-0.1, -0.05) is 64.6 Å². The molecular formula is C23H17Cl4F5N4O5. The monoisotopic (exact) mass is 664 g/mol. The Morgan fingerprint density at radius 2 is 1.80 bits per heavy atom. The van der Waals surface area contributed by atoms with Crippen LogP contribution >= 0.6 is 46.4 Å². The second-order valence-electron chi connectivity index (χ2n) is 8.43. The predicted octanol–water partition coefficient (Wildman–Crippen LogP) is 3.76. The third kappa shape index (κ3) is 8.32. The molecule has 2 heterocycles. The maximum Gasteiger partial charge on any atom is 0.430 e. The summed E-state index contributed by atoms with van der Waals surface area (Å²) in [5.41, 5.74) is 0.754. The van der Waals surface area contributed by atoms with E-state index in [2.05, 4.69) is 10.3 Å². The van der Waals surface area contributed by atoms with Crippen LogP contribution in [-0.4, -0.2) is 62.9 Å². The first-order valence-electron chi connectivity index (χ1n) is 11.2. The lowest BCUT2D eigenvalue weighted by molar-refractivity contribution is -0.658. The molecule has 9 nitrogen and oxygen atoms in total. The minimum atomic E-state index is -5.19. The van der Waals surface area contributed by atoms with Gasteiger partial charge in [0.05, 0.1) is 21.7 Å². The molecule has 0 saturated carbocycles. The molecule has 3 N–H and O–H groups in total. The first-order chi connectivity index (χ1) is 19.0. The number of imidazole rings is 1.